The van der Waals surface area contributed by atoms with Crippen molar-refractivity contribution < 1.29 is 153 Å². The van der Waals surface area contributed by atoms with Crippen LogP contribution in [0.15, 0.2) is 106 Å². The Morgan fingerprint density at radius 3 is 1.53 bits per heavy atom. The van der Waals surface area contributed by atoms with Crippen molar-refractivity contribution in [2.24, 2.45) is 0 Å². The van der Waals surface area contributed by atoms with Crippen LogP contribution in [0.3, 0.4) is 0 Å². The number of nitrogen functional groups attached to an aromatic ring is 1. The maximum absolute atomic E-state index is 13.4. The molecule has 0 saturated heterocycles. The summed E-state index contributed by atoms with van der Waals surface area (Å²) in [6.45, 7) is 17.3. The van der Waals surface area contributed by atoms with E-state index in [-0.39, 0.29) is 121 Å². The Morgan fingerprint density at radius 1 is 0.735 bits per heavy atom. The largest absolute Gasteiger partial charge is 1.00 e. The summed E-state index contributed by atoms with van der Waals surface area (Å²) in [5.74, 6) is 0.425. The van der Waals surface area contributed by atoms with E-state index in [0.29, 0.717) is 92.0 Å². The van der Waals surface area contributed by atoms with Crippen molar-refractivity contribution in [2.45, 2.75) is 52.7 Å². The van der Waals surface area contributed by atoms with Gasteiger partial charge < -0.3 is 41.2 Å². The number of ether oxygens (including phenoxy) is 2. The predicted molar refractivity (Wildman–Crippen MR) is 323 cm³/mol. The van der Waals surface area contributed by atoms with E-state index < -0.39 is 44.8 Å². The quantitative estimate of drug-likeness (QED) is 0.0226. The molecule has 4 heterocycles. The number of aromatic nitrogens is 6. The Bertz CT molecular complexity index is 3870. The van der Waals surface area contributed by atoms with E-state index in [1.165, 1.54) is 21.5 Å². The molecule has 29 heteroatoms. The number of nitrogens with zero attached hydrogens (tertiary/aromatic N) is 8. The maximum Gasteiger partial charge on any atom is 1.00 e. The number of nitriles is 2. The van der Waals surface area contributed by atoms with Crippen molar-refractivity contribution in [3.8, 4) is 34.7 Å². The van der Waals surface area contributed by atoms with Gasteiger partial charge in [0.1, 0.15) is 36.5 Å². The average Bonchev–Trinajstić information content (AvgIpc) is 2.58. The number of fused-ring (bicyclic) bond motifs is 2. The smallest absolute Gasteiger partial charge is 1.00 e. The normalized spacial score (nSPS) is 11.0. The first-order valence-corrected chi connectivity index (χ1v) is 31.2. The fraction of sp³-hybridized carbons (Fsp3) is 0.241. The minimum Gasteiger partial charge on any atom is -1.00 e. The summed E-state index contributed by atoms with van der Waals surface area (Å²) in [5, 5.41) is 33.3. The van der Waals surface area contributed by atoms with Crippen LogP contribution < -0.4 is 130 Å². The molecule has 19 nitrogen and oxygen atoms in total. The number of nitrogens with two attached hydrogens (primary N) is 1. The number of carbonyl (C=O) groups is 3. The van der Waals surface area contributed by atoms with Gasteiger partial charge in [0.15, 0.2) is 0 Å². The van der Waals surface area contributed by atoms with Gasteiger partial charge in [-0.25, -0.2) is 33.7 Å². The van der Waals surface area contributed by atoms with Gasteiger partial charge in [0.2, 0.25) is 10.6 Å². The van der Waals surface area contributed by atoms with Gasteiger partial charge in [-0.3, -0.25) is 9.18 Å². The maximum atomic E-state index is 13.4. The number of rotatable bonds is 7. The summed E-state index contributed by atoms with van der Waals surface area (Å²) >= 11 is 23.4. The molecule has 8 aromatic rings. The molecule has 428 valence electrons. The molecular formula is C54H54Br2Cl3FK2N10O9P2. The molecule has 4 aromatic carbocycles. The van der Waals surface area contributed by atoms with Crippen LogP contribution in [-0.4, -0.2) is 92.7 Å². The Hall–Kier alpha value is -3.44. The van der Waals surface area contributed by atoms with Gasteiger partial charge in [-0.15, -0.1) is 0 Å². The topological polar surface area (TPSA) is 283 Å². The number of hydrogen-bond donors (Lipinski definition) is 2. The van der Waals surface area contributed by atoms with Gasteiger partial charge >= 0.3 is 115 Å². The zero-order chi connectivity index (χ0) is 61.7. The third kappa shape index (κ3) is 21.7. The molecule has 0 fully saturated rings. The van der Waals surface area contributed by atoms with Gasteiger partial charge in [-0.1, -0.05) is 23.7 Å². The molecule has 4 aromatic heterocycles. The van der Waals surface area contributed by atoms with Crippen LogP contribution >= 0.6 is 80.9 Å². The second kappa shape index (κ2) is 33.1. The first-order chi connectivity index (χ1) is 38.2. The van der Waals surface area contributed by atoms with E-state index in [1.807, 2.05) is 18.2 Å². The number of hydrogen-bond acceptors (Lipinski definition) is 17. The Labute approximate surface area is 599 Å². The molecule has 0 atom stereocenters. The first-order valence-electron chi connectivity index (χ1n) is 24.0. The van der Waals surface area contributed by atoms with Gasteiger partial charge in [-0.05, 0) is 207 Å². The van der Waals surface area contributed by atoms with E-state index >= 15 is 0 Å². The summed E-state index contributed by atoms with van der Waals surface area (Å²) in [6, 6.07) is 28.7. The van der Waals surface area contributed by atoms with E-state index in [4.69, 9.17) is 61.4 Å². The molecule has 3 N–H and O–H groups in total. The minimum atomic E-state index is -2.81. The summed E-state index contributed by atoms with van der Waals surface area (Å²) in [5.41, 5.74) is 10.4. The standard InChI is InChI=1S/C26H24BrClN5O3P.C22H24N3O3P.C4HBrCl2N2.CH3F.CH2O3.2K.H/c1-26(2,3)36-25(34)33-20-9-6-15(13-29)10-17(20)11-21(33)16-7-8-19(22(12-16)37(4,5)35)31-23-18(27)14-30-24(28)32-23;1-22(2,3)28-21(26)25-18-9-6-14(13-23)10-16(18)11-19(25)15-7-8-17(24)20(12-15)29(4,5)27;5-2-1-8-4(7)9-3(2)6;1-2;2-1-4-3;;;/h6-12,14H,1-5H3,(H,30,31,32);6-12H,24H2,1-5H3;1H;1H3;1,3H;;;/q;;;;;2*+1;-1/p-1/i;;;1D;;;;. The molecular weight excluding hydrogens is 1360 g/mol. The predicted octanol–water partition coefficient (Wildman–Crippen LogP) is 7.64. The Morgan fingerprint density at radius 2 is 1.14 bits per heavy atom. The zero-order valence-electron chi connectivity index (χ0n) is 49.0. The molecule has 0 saturated carbocycles. The Balaban J connectivity index is 0.000000666. The second-order valence-electron chi connectivity index (χ2n) is 19.6. The number of benzene rings is 4. The third-order valence-corrected chi connectivity index (χ3v) is 15.6. The van der Waals surface area contributed by atoms with E-state index in [9.17, 15) is 33.6 Å². The zero-order valence-corrected chi connectivity index (χ0v) is 60.5. The molecule has 0 aliphatic heterocycles. The Kier molecular flexibility index (Phi) is 29.4. The monoisotopic (exact) mass is 1410 g/mol. The van der Waals surface area contributed by atoms with Crippen LogP contribution in [0.25, 0.3) is 44.3 Å². The van der Waals surface area contributed by atoms with Gasteiger partial charge in [0.05, 0.1) is 68.8 Å². The number of alkyl halides is 1. The SMILES string of the molecule is CC(C)(C)OC(=O)n1c(-c2ccc(N)c(P(C)(C)=O)c2)cc2cc(C#N)ccc21.CC(C)(C)OC(=O)n1c(-c2ccc(Nc3nc(Cl)ncc3Br)c(P(C)(C)=O)c2)cc2cc(C#N)ccc21.Clc1ncc(Br)c(Cl)n1.O=CO[O-].[2H]CF.[H-].[K+].[K+]. The summed E-state index contributed by atoms with van der Waals surface area (Å²) in [6.07, 6.45) is 1.94. The van der Waals surface area contributed by atoms with Crippen LogP contribution in [0, 0.1) is 22.7 Å². The van der Waals surface area contributed by atoms with E-state index in [1.54, 1.807) is 135 Å². The van der Waals surface area contributed by atoms with Crippen LogP contribution in [0.1, 0.15) is 55.5 Å². The molecule has 0 radical (unpaired) electrons. The van der Waals surface area contributed by atoms with Gasteiger partial charge in [0, 0.05) is 39.5 Å². The molecule has 0 aliphatic carbocycles. The molecule has 0 aliphatic rings. The summed E-state index contributed by atoms with van der Waals surface area (Å²) < 4.78 is 57.0. The fourth-order valence-electron chi connectivity index (χ4n) is 7.30. The van der Waals surface area contributed by atoms with Gasteiger partial charge in [0.25, 0.3) is 6.47 Å². The number of anilines is 3. The average molecular weight is 1410 g/mol. The van der Waals surface area contributed by atoms with Crippen molar-refractivity contribution in [1.29, 1.82) is 10.5 Å². The summed E-state index contributed by atoms with van der Waals surface area (Å²) in [7, 11) is -6.43. The van der Waals surface area contributed by atoms with Crippen molar-refractivity contribution in [3.05, 3.63) is 133 Å². The van der Waals surface area contributed by atoms with Crippen LogP contribution in [-0.2, 0) is 28.3 Å². The second-order valence-corrected chi connectivity index (χ2v) is 28.7. The first kappa shape index (κ1) is 73.8. The van der Waals surface area contributed by atoms with Crippen LogP contribution in [0.4, 0.5) is 31.2 Å². The number of halogens is 6. The van der Waals surface area contributed by atoms with Crippen molar-refractivity contribution in [2.75, 3.05) is 44.9 Å². The fourth-order valence-corrected chi connectivity index (χ4v) is 10.5. The number of nitrogens with one attached hydrogen (secondary N) is 1. The molecule has 0 bridgehead atoms. The molecule has 0 amide bonds. The third-order valence-electron chi connectivity index (χ3n) is 10.5. The minimum absolute atomic E-state index is 0. The van der Waals surface area contributed by atoms with Crippen LogP contribution in [0.2, 0.25) is 15.7 Å². The summed E-state index contributed by atoms with van der Waals surface area (Å²) in [4.78, 5) is 53.0. The molecule has 0 spiro atoms. The van der Waals surface area contributed by atoms with E-state index in [0.717, 1.165) is 5.39 Å². The van der Waals surface area contributed by atoms with Gasteiger partial charge in [-0.2, -0.15) is 15.5 Å². The number of carbonyl (C=O) groups excluding carboxylic acids is 3. The van der Waals surface area contributed by atoms with Crippen molar-refractivity contribution in [3.63, 3.8) is 0 Å². The molecule has 83 heavy (non-hydrogen) atoms. The molecule has 8 rings (SSSR count). The van der Waals surface area contributed by atoms with E-state index in [2.05, 4.69) is 74.1 Å². The van der Waals surface area contributed by atoms with Crippen molar-refractivity contribution >= 4 is 149 Å². The molecule has 0 unspecified atom stereocenters. The van der Waals surface area contributed by atoms with Crippen LogP contribution in [0.5, 0.6) is 0 Å². The van der Waals surface area contributed by atoms with Crippen molar-refractivity contribution in [1.82, 2.24) is 29.1 Å².